The summed E-state index contributed by atoms with van der Waals surface area (Å²) in [6.45, 7) is 9.77. The summed E-state index contributed by atoms with van der Waals surface area (Å²) in [5.41, 5.74) is 4.32. The van der Waals surface area contributed by atoms with Crippen LogP contribution in [0.5, 0.6) is 11.6 Å². The van der Waals surface area contributed by atoms with E-state index in [1.807, 2.05) is 45.9 Å². The van der Waals surface area contributed by atoms with Gasteiger partial charge in [-0.25, -0.2) is 15.0 Å². The van der Waals surface area contributed by atoms with Crippen molar-refractivity contribution in [3.63, 3.8) is 0 Å². The van der Waals surface area contributed by atoms with E-state index in [1.165, 1.54) is 0 Å². The molecule has 0 saturated carbocycles. The summed E-state index contributed by atoms with van der Waals surface area (Å²) in [5, 5.41) is 0.355. The second-order valence-corrected chi connectivity index (χ2v) is 9.22. The van der Waals surface area contributed by atoms with Crippen LogP contribution in [0.3, 0.4) is 0 Å². The Morgan fingerprint density at radius 1 is 1.06 bits per heavy atom. The van der Waals surface area contributed by atoms with Gasteiger partial charge in [-0.15, -0.1) is 0 Å². The Balaban J connectivity index is 1.73. The van der Waals surface area contributed by atoms with Gasteiger partial charge in [0.1, 0.15) is 18.2 Å². The van der Waals surface area contributed by atoms with Gasteiger partial charge in [-0.05, 0) is 38.5 Å². The lowest BCUT2D eigenvalue weighted by Crippen LogP contribution is -2.24. The van der Waals surface area contributed by atoms with Crippen molar-refractivity contribution in [1.29, 1.82) is 0 Å². The maximum absolute atomic E-state index is 13.5. The van der Waals surface area contributed by atoms with E-state index in [-0.39, 0.29) is 18.1 Å². The van der Waals surface area contributed by atoms with Gasteiger partial charge < -0.3 is 9.47 Å². The van der Waals surface area contributed by atoms with Crippen LogP contribution in [0, 0.1) is 20.8 Å². The molecule has 0 N–H and O–H groups in total. The van der Waals surface area contributed by atoms with Gasteiger partial charge in [0.25, 0.3) is 5.56 Å². The SMILES string of the molecule is COc1cccc(COc2cc(C)n(-c3cc(-c4nc(C(C)C)ncc4C)ncc3Cl)c(=O)c2C)n1. The van der Waals surface area contributed by atoms with Gasteiger partial charge in [0.15, 0.2) is 0 Å². The molecule has 36 heavy (non-hydrogen) atoms. The molecule has 0 radical (unpaired) electrons. The summed E-state index contributed by atoms with van der Waals surface area (Å²) in [5.74, 6) is 1.88. The van der Waals surface area contributed by atoms with Gasteiger partial charge in [-0.1, -0.05) is 31.5 Å². The third kappa shape index (κ3) is 5.09. The molecular weight excluding hydrogens is 478 g/mol. The molecule has 9 heteroatoms. The lowest BCUT2D eigenvalue weighted by Gasteiger charge is -2.17. The normalized spacial score (nSPS) is 11.1. The van der Waals surface area contributed by atoms with Crippen molar-refractivity contribution in [3.05, 3.63) is 86.4 Å². The van der Waals surface area contributed by atoms with E-state index in [2.05, 4.69) is 15.0 Å². The average molecular weight is 506 g/mol. The van der Waals surface area contributed by atoms with Crippen molar-refractivity contribution in [1.82, 2.24) is 24.5 Å². The van der Waals surface area contributed by atoms with E-state index in [9.17, 15) is 4.79 Å². The van der Waals surface area contributed by atoms with Crippen LogP contribution in [0.15, 0.2) is 47.5 Å². The minimum atomic E-state index is -0.232. The number of aryl methyl sites for hydroxylation is 2. The Bertz CT molecular complexity index is 1480. The molecule has 0 spiro atoms. The fraction of sp³-hybridized carbons (Fsp3) is 0.296. The highest BCUT2D eigenvalue weighted by atomic mass is 35.5. The number of halogens is 1. The first kappa shape index (κ1) is 25.3. The predicted octanol–water partition coefficient (Wildman–Crippen LogP) is 5.37. The van der Waals surface area contributed by atoms with E-state index in [4.69, 9.17) is 26.1 Å². The van der Waals surface area contributed by atoms with Gasteiger partial charge in [0.2, 0.25) is 5.88 Å². The van der Waals surface area contributed by atoms with Crippen LogP contribution in [0.25, 0.3) is 17.1 Å². The molecule has 0 fully saturated rings. The molecule has 186 valence electrons. The fourth-order valence-corrected chi connectivity index (χ4v) is 3.96. The molecule has 4 rings (SSSR count). The van der Waals surface area contributed by atoms with Crippen LogP contribution in [0.1, 0.15) is 48.1 Å². The summed E-state index contributed by atoms with van der Waals surface area (Å²) in [6, 6.07) is 9.05. The van der Waals surface area contributed by atoms with E-state index in [0.29, 0.717) is 50.7 Å². The Kier molecular flexibility index (Phi) is 7.35. The lowest BCUT2D eigenvalue weighted by atomic mass is 10.1. The van der Waals surface area contributed by atoms with Crippen molar-refractivity contribution in [2.24, 2.45) is 0 Å². The minimum Gasteiger partial charge on any atom is -0.487 e. The average Bonchev–Trinajstić information content (AvgIpc) is 2.87. The van der Waals surface area contributed by atoms with E-state index >= 15 is 0 Å². The van der Waals surface area contributed by atoms with Crippen molar-refractivity contribution in [3.8, 4) is 28.7 Å². The number of aromatic nitrogens is 5. The molecular formula is C27H28ClN5O3. The maximum atomic E-state index is 13.5. The van der Waals surface area contributed by atoms with E-state index < -0.39 is 0 Å². The molecule has 4 heterocycles. The van der Waals surface area contributed by atoms with E-state index in [0.717, 1.165) is 11.4 Å². The second-order valence-electron chi connectivity index (χ2n) is 8.81. The Morgan fingerprint density at radius 2 is 1.83 bits per heavy atom. The maximum Gasteiger partial charge on any atom is 0.261 e. The molecule has 4 aromatic rings. The summed E-state index contributed by atoms with van der Waals surface area (Å²) >= 11 is 6.54. The number of hydrogen-bond donors (Lipinski definition) is 0. The zero-order valence-corrected chi connectivity index (χ0v) is 21.9. The first-order valence-electron chi connectivity index (χ1n) is 11.6. The molecule has 8 nitrogen and oxygen atoms in total. The molecule has 0 aliphatic rings. The van der Waals surface area contributed by atoms with Crippen LogP contribution in [0.2, 0.25) is 5.02 Å². The van der Waals surface area contributed by atoms with Crippen molar-refractivity contribution < 1.29 is 9.47 Å². The molecule has 0 amide bonds. The van der Waals surface area contributed by atoms with E-state index in [1.54, 1.807) is 43.1 Å². The van der Waals surface area contributed by atoms with Gasteiger partial charge in [0.05, 0.1) is 40.5 Å². The van der Waals surface area contributed by atoms with Crippen LogP contribution >= 0.6 is 11.6 Å². The highest BCUT2D eigenvalue weighted by molar-refractivity contribution is 6.32. The van der Waals surface area contributed by atoms with Crippen LogP contribution in [-0.4, -0.2) is 31.6 Å². The first-order chi connectivity index (χ1) is 17.2. The lowest BCUT2D eigenvalue weighted by molar-refractivity contribution is 0.294. The van der Waals surface area contributed by atoms with Crippen molar-refractivity contribution in [2.75, 3.05) is 7.11 Å². The smallest absolute Gasteiger partial charge is 0.261 e. The highest BCUT2D eigenvalue weighted by Gasteiger charge is 2.18. The number of ether oxygens (including phenoxy) is 2. The summed E-state index contributed by atoms with van der Waals surface area (Å²) in [4.78, 5) is 31.4. The number of nitrogens with zero attached hydrogens (tertiary/aromatic N) is 5. The standard InChI is InChI=1S/C27H28ClN5O3/c1-15(2)26-30-12-16(3)25(32-26)21-11-22(20(28)13-29-21)33-17(4)10-23(18(5)27(33)34)36-14-19-8-7-9-24(31-19)35-6/h7-13,15H,14H2,1-6H3. The van der Waals surface area contributed by atoms with Gasteiger partial charge >= 0.3 is 0 Å². The summed E-state index contributed by atoms with van der Waals surface area (Å²) in [6.07, 6.45) is 3.33. The van der Waals surface area contributed by atoms with Gasteiger partial charge in [0, 0.05) is 36.1 Å². The monoisotopic (exact) mass is 505 g/mol. The summed E-state index contributed by atoms with van der Waals surface area (Å²) in [7, 11) is 1.56. The fourth-order valence-electron chi connectivity index (χ4n) is 3.77. The quantitative estimate of drug-likeness (QED) is 0.333. The van der Waals surface area contributed by atoms with Crippen LogP contribution in [-0.2, 0) is 6.61 Å². The Morgan fingerprint density at radius 3 is 2.56 bits per heavy atom. The first-order valence-corrected chi connectivity index (χ1v) is 11.9. The number of pyridine rings is 3. The molecule has 4 aromatic heterocycles. The zero-order valence-electron chi connectivity index (χ0n) is 21.2. The van der Waals surface area contributed by atoms with Crippen molar-refractivity contribution >= 4 is 11.6 Å². The molecule has 0 unspecified atom stereocenters. The number of rotatable bonds is 7. The number of hydrogen-bond acceptors (Lipinski definition) is 7. The molecule has 0 aliphatic carbocycles. The van der Waals surface area contributed by atoms with Gasteiger partial charge in [-0.2, -0.15) is 0 Å². The van der Waals surface area contributed by atoms with Crippen LogP contribution < -0.4 is 15.0 Å². The zero-order chi connectivity index (χ0) is 26.0. The second kappa shape index (κ2) is 10.5. The molecule has 0 atom stereocenters. The largest absolute Gasteiger partial charge is 0.487 e. The number of methoxy groups -OCH3 is 1. The Hall–Kier alpha value is -3.78. The Labute approximate surface area is 215 Å². The predicted molar refractivity (Wildman–Crippen MR) is 139 cm³/mol. The third-order valence-electron chi connectivity index (χ3n) is 5.78. The molecule has 0 saturated heterocycles. The molecule has 0 bridgehead atoms. The van der Waals surface area contributed by atoms with Crippen molar-refractivity contribution in [2.45, 2.75) is 47.1 Å². The minimum absolute atomic E-state index is 0.170. The highest BCUT2D eigenvalue weighted by Crippen LogP contribution is 2.28. The third-order valence-corrected chi connectivity index (χ3v) is 6.07. The summed E-state index contributed by atoms with van der Waals surface area (Å²) < 4.78 is 12.7. The molecule has 0 aliphatic heterocycles. The molecule has 0 aromatic carbocycles. The van der Waals surface area contributed by atoms with Crippen LogP contribution in [0.4, 0.5) is 0 Å². The van der Waals surface area contributed by atoms with Gasteiger partial charge in [-0.3, -0.25) is 14.3 Å². The topological polar surface area (TPSA) is 92.0 Å².